The van der Waals surface area contributed by atoms with Crippen molar-refractivity contribution < 1.29 is 4.79 Å². The quantitative estimate of drug-likeness (QED) is 0.427. The van der Waals surface area contributed by atoms with Crippen LogP contribution >= 0.6 is 0 Å². The average Bonchev–Trinajstić information content (AvgIpc) is 2.74. The molecule has 0 saturated carbocycles. The lowest BCUT2D eigenvalue weighted by molar-refractivity contribution is -0.109. The highest BCUT2D eigenvalue weighted by molar-refractivity contribution is 5.76. The summed E-state index contributed by atoms with van der Waals surface area (Å²) in [6.07, 6.45) is 6.11. The van der Waals surface area contributed by atoms with Gasteiger partial charge < -0.3 is 14.6 Å². The molecule has 0 amide bonds. The van der Waals surface area contributed by atoms with Gasteiger partial charge in [-0.3, -0.25) is 0 Å². The van der Waals surface area contributed by atoms with E-state index in [-0.39, 0.29) is 0 Å². The van der Waals surface area contributed by atoms with E-state index in [9.17, 15) is 4.79 Å². The van der Waals surface area contributed by atoms with Gasteiger partial charge in [0.15, 0.2) is 5.82 Å². The zero-order chi connectivity index (χ0) is 20.4. The summed E-state index contributed by atoms with van der Waals surface area (Å²) >= 11 is 0. The molecule has 0 saturated heterocycles. The van der Waals surface area contributed by atoms with Gasteiger partial charge >= 0.3 is 0 Å². The zero-order valence-electron chi connectivity index (χ0n) is 17.1. The highest BCUT2D eigenvalue weighted by Crippen LogP contribution is 2.33. The van der Waals surface area contributed by atoms with Crippen LogP contribution in [0.1, 0.15) is 45.2 Å². The van der Waals surface area contributed by atoms with Gasteiger partial charge in [-0.05, 0) is 39.2 Å². The van der Waals surface area contributed by atoms with Crippen LogP contribution < -0.4 is 9.80 Å². The van der Waals surface area contributed by atoms with Crippen LogP contribution in [0.15, 0.2) is 41.5 Å². The van der Waals surface area contributed by atoms with Gasteiger partial charge in [0.25, 0.3) is 0 Å². The third kappa shape index (κ3) is 5.15. The van der Waals surface area contributed by atoms with Crippen molar-refractivity contribution in [1.82, 2.24) is 9.97 Å². The minimum atomic E-state index is -0.420. The number of anilines is 2. The molecule has 2 aromatic rings. The number of aldehydes is 1. The summed E-state index contributed by atoms with van der Waals surface area (Å²) < 4.78 is 0. The molecule has 1 radical (unpaired) electrons. The number of nitrogens with zero attached hydrogens (tertiary/aromatic N) is 5. The minimum Gasteiger partial charge on any atom is -0.354 e. The Morgan fingerprint density at radius 2 is 1.86 bits per heavy atom. The molecule has 0 aliphatic heterocycles. The van der Waals surface area contributed by atoms with Gasteiger partial charge in [0.2, 0.25) is 5.95 Å². The Labute approximate surface area is 168 Å². The van der Waals surface area contributed by atoms with E-state index in [1.165, 1.54) is 0 Å². The molecular formula is C22H30N5O. The van der Waals surface area contributed by atoms with Gasteiger partial charge in [0, 0.05) is 25.8 Å². The van der Waals surface area contributed by atoms with Crippen LogP contribution in [0.3, 0.4) is 0 Å². The number of benzene rings is 1. The first-order valence-corrected chi connectivity index (χ1v) is 9.90. The van der Waals surface area contributed by atoms with E-state index in [2.05, 4.69) is 35.6 Å². The Hall–Kier alpha value is -2.76. The van der Waals surface area contributed by atoms with E-state index < -0.39 is 6.04 Å². The lowest BCUT2D eigenvalue weighted by atomic mass is 10.1. The molecular weight excluding hydrogens is 350 g/mol. The van der Waals surface area contributed by atoms with E-state index in [0.717, 1.165) is 43.5 Å². The summed E-state index contributed by atoms with van der Waals surface area (Å²) in [5.74, 6) is 1.23. The number of rotatable bonds is 11. The third-order valence-electron chi connectivity index (χ3n) is 4.59. The summed E-state index contributed by atoms with van der Waals surface area (Å²) in [6.45, 7) is 12.3. The second-order valence-electron chi connectivity index (χ2n) is 6.28. The first-order valence-electron chi connectivity index (χ1n) is 9.90. The van der Waals surface area contributed by atoms with Crippen molar-refractivity contribution in [3.63, 3.8) is 0 Å². The number of unbranched alkanes of at least 4 members (excludes halogenated alkanes) is 1. The Kier molecular flexibility index (Phi) is 8.59. The van der Waals surface area contributed by atoms with Crippen molar-refractivity contribution in [2.45, 2.75) is 39.7 Å². The largest absolute Gasteiger partial charge is 0.354 e. The second kappa shape index (κ2) is 11.2. The van der Waals surface area contributed by atoms with Crippen molar-refractivity contribution in [3.8, 4) is 0 Å². The average molecular weight is 381 g/mol. The molecule has 6 nitrogen and oxygen atoms in total. The lowest BCUT2D eigenvalue weighted by Crippen LogP contribution is -2.30. The minimum absolute atomic E-state index is 0.420. The number of carbonyl (C=O) groups excluding carboxylic acids is 1. The fourth-order valence-electron chi connectivity index (χ4n) is 3.06. The van der Waals surface area contributed by atoms with Gasteiger partial charge in [-0.1, -0.05) is 37.3 Å². The predicted octanol–water partition coefficient (Wildman–Crippen LogP) is 4.41. The normalized spacial score (nSPS) is 12.1. The van der Waals surface area contributed by atoms with E-state index in [1.54, 1.807) is 6.20 Å². The maximum absolute atomic E-state index is 12.0. The van der Waals surface area contributed by atoms with E-state index in [0.29, 0.717) is 18.3 Å². The molecule has 6 heteroatoms. The smallest absolute Gasteiger partial charge is 0.227 e. The van der Waals surface area contributed by atoms with Crippen molar-refractivity contribution in [1.29, 1.82) is 0 Å². The van der Waals surface area contributed by atoms with Crippen LogP contribution in [0.2, 0.25) is 0 Å². The zero-order valence-corrected chi connectivity index (χ0v) is 17.1. The van der Waals surface area contributed by atoms with E-state index in [1.807, 2.05) is 48.4 Å². The number of aliphatic imine (C=N–C) groups is 1. The second-order valence-corrected chi connectivity index (χ2v) is 6.28. The highest BCUT2D eigenvalue weighted by atomic mass is 16.1. The third-order valence-corrected chi connectivity index (χ3v) is 4.59. The highest BCUT2D eigenvalue weighted by Gasteiger charge is 2.23. The number of aromatic nitrogens is 2. The van der Waals surface area contributed by atoms with E-state index >= 15 is 0 Å². The number of hydrogen-bond donors (Lipinski definition) is 0. The Bertz CT molecular complexity index is 759. The fourth-order valence-corrected chi connectivity index (χ4v) is 3.06. The van der Waals surface area contributed by atoms with Crippen LogP contribution in [-0.2, 0) is 4.79 Å². The van der Waals surface area contributed by atoms with Crippen molar-refractivity contribution in [2.24, 2.45) is 4.99 Å². The van der Waals surface area contributed by atoms with Crippen LogP contribution in [0.5, 0.6) is 0 Å². The molecule has 1 aromatic carbocycles. The molecule has 1 heterocycles. The van der Waals surface area contributed by atoms with Crippen molar-refractivity contribution >= 4 is 30.0 Å². The van der Waals surface area contributed by atoms with Crippen molar-refractivity contribution in [2.75, 3.05) is 29.4 Å². The van der Waals surface area contributed by atoms with Crippen LogP contribution in [-0.4, -0.2) is 42.1 Å². The Balaban J connectivity index is 2.51. The summed E-state index contributed by atoms with van der Waals surface area (Å²) in [4.78, 5) is 29.9. The molecule has 0 bridgehead atoms. The fraction of sp³-hybridized carbons (Fsp3) is 0.409. The molecule has 1 atom stereocenters. The molecule has 0 spiro atoms. The maximum Gasteiger partial charge on any atom is 0.227 e. The molecule has 149 valence electrons. The molecule has 28 heavy (non-hydrogen) atoms. The van der Waals surface area contributed by atoms with Crippen LogP contribution in [0.4, 0.5) is 17.5 Å². The van der Waals surface area contributed by atoms with Gasteiger partial charge in [-0.15, -0.1) is 0 Å². The summed E-state index contributed by atoms with van der Waals surface area (Å²) in [6, 6.07) is 9.31. The Morgan fingerprint density at radius 1 is 1.14 bits per heavy atom. The Morgan fingerprint density at radius 3 is 2.43 bits per heavy atom. The monoisotopic (exact) mass is 380 g/mol. The van der Waals surface area contributed by atoms with Gasteiger partial charge in [0.05, 0.1) is 6.20 Å². The van der Waals surface area contributed by atoms with Gasteiger partial charge in [0.1, 0.15) is 18.0 Å². The predicted molar refractivity (Wildman–Crippen MR) is 117 cm³/mol. The topological polar surface area (TPSA) is 61.7 Å². The van der Waals surface area contributed by atoms with Crippen LogP contribution in [0.25, 0.3) is 0 Å². The number of hydrogen-bond acceptors (Lipinski definition) is 6. The maximum atomic E-state index is 12.0. The molecule has 1 aromatic heterocycles. The summed E-state index contributed by atoms with van der Waals surface area (Å²) in [5, 5.41) is 0. The van der Waals surface area contributed by atoms with Gasteiger partial charge in [-0.25, -0.2) is 9.98 Å². The molecule has 2 rings (SSSR count). The molecule has 0 aliphatic carbocycles. The number of likely N-dealkylation sites (N-methyl/N-ethyl adjacent to an activating group) is 1. The first-order chi connectivity index (χ1) is 13.7. The lowest BCUT2D eigenvalue weighted by Gasteiger charge is -2.30. The number of carbonyl (C=O) groups is 1. The van der Waals surface area contributed by atoms with E-state index in [4.69, 9.17) is 4.98 Å². The molecule has 0 N–H and O–H groups in total. The summed E-state index contributed by atoms with van der Waals surface area (Å²) in [7, 11) is 0. The first kappa shape index (κ1) is 21.5. The van der Waals surface area contributed by atoms with Gasteiger partial charge in [-0.2, -0.15) is 4.98 Å². The molecule has 0 fully saturated rings. The standard InChI is InChI=1S/C22H30N5O/c1-5-9-15-23-21-19(16-24-22(25-21)26(6-2)7-3)27(8-4)20(17-28)18-13-11-10-12-14-18/h10-17,20H,1,5-9H2,2-4H3/t20-/m1/s1. The molecule has 0 unspecified atom stereocenters. The summed E-state index contributed by atoms with van der Waals surface area (Å²) in [5.41, 5.74) is 1.68. The van der Waals surface area contributed by atoms with Crippen molar-refractivity contribution in [3.05, 3.63) is 49.0 Å². The van der Waals surface area contributed by atoms with Crippen LogP contribution in [0, 0.1) is 6.92 Å². The SMILES string of the molecule is [CH2]CCC=Nc1nc(N(CC)CC)ncc1N(CC)[C@H](C=O)c1ccccc1. The molecule has 0 aliphatic rings.